The van der Waals surface area contributed by atoms with Gasteiger partial charge in [0.2, 0.25) is 0 Å². The molecule has 104 valence electrons. The molecule has 0 saturated carbocycles. The van der Waals surface area contributed by atoms with Gasteiger partial charge in [-0.2, -0.15) is 0 Å². The molecule has 1 aliphatic heterocycles. The molecule has 0 aromatic carbocycles. The molecule has 0 bridgehead atoms. The predicted octanol–water partition coefficient (Wildman–Crippen LogP) is 1.52. The van der Waals surface area contributed by atoms with Crippen LogP contribution < -0.4 is 0 Å². The fourth-order valence-electron chi connectivity index (χ4n) is 2.24. The zero-order chi connectivity index (χ0) is 13.8. The number of nitrogens with zero attached hydrogens (tertiary/aromatic N) is 2. The molecule has 1 fully saturated rings. The normalized spacial score (nSPS) is 21.9. The molecule has 0 N–H and O–H groups in total. The van der Waals surface area contributed by atoms with Crippen LogP contribution in [0, 0.1) is 0 Å². The van der Waals surface area contributed by atoms with Crippen molar-refractivity contribution in [2.45, 2.75) is 32.7 Å². The molecule has 0 aromatic rings. The minimum atomic E-state index is -0.203. The summed E-state index contributed by atoms with van der Waals surface area (Å²) in [5.74, 6) is -0.203. The van der Waals surface area contributed by atoms with E-state index in [0.717, 1.165) is 38.2 Å². The van der Waals surface area contributed by atoms with Crippen molar-refractivity contribution in [3.8, 4) is 0 Å². The summed E-state index contributed by atoms with van der Waals surface area (Å²) in [7, 11) is 3.60. The number of methoxy groups -OCH3 is 1. The Morgan fingerprint density at radius 1 is 1.39 bits per heavy atom. The highest BCUT2D eigenvalue weighted by atomic mass is 16.5. The van der Waals surface area contributed by atoms with E-state index in [1.165, 1.54) is 7.11 Å². The van der Waals surface area contributed by atoms with Crippen LogP contribution in [0.1, 0.15) is 27.2 Å². The zero-order valence-electron chi connectivity index (χ0n) is 12.3. The third-order valence-electron chi connectivity index (χ3n) is 3.82. The molecule has 1 saturated heterocycles. The van der Waals surface area contributed by atoms with Crippen LogP contribution in [0.3, 0.4) is 0 Å². The lowest BCUT2D eigenvalue weighted by atomic mass is 9.99. The second kappa shape index (κ2) is 6.34. The average molecular weight is 254 g/mol. The first-order valence-electron chi connectivity index (χ1n) is 6.61. The van der Waals surface area contributed by atoms with Crippen molar-refractivity contribution in [1.29, 1.82) is 0 Å². The van der Waals surface area contributed by atoms with E-state index in [-0.39, 0.29) is 11.5 Å². The van der Waals surface area contributed by atoms with Gasteiger partial charge in [0.25, 0.3) is 0 Å². The molecule has 0 spiro atoms. The molecule has 4 heteroatoms. The highest BCUT2D eigenvalue weighted by Crippen LogP contribution is 2.18. The second-order valence-corrected chi connectivity index (χ2v) is 5.54. The first-order valence-corrected chi connectivity index (χ1v) is 6.61. The summed E-state index contributed by atoms with van der Waals surface area (Å²) in [5.41, 5.74) is 0.971. The lowest BCUT2D eigenvalue weighted by Gasteiger charge is -2.45. The summed E-state index contributed by atoms with van der Waals surface area (Å²) in [6, 6.07) is 0. The minimum Gasteiger partial charge on any atom is -0.466 e. The molecule has 0 atom stereocenters. The number of likely N-dealkylation sites (N-methyl/N-ethyl adjacent to an activating group) is 1. The van der Waals surface area contributed by atoms with Crippen molar-refractivity contribution >= 4 is 5.97 Å². The maximum absolute atomic E-state index is 11.5. The quantitative estimate of drug-likeness (QED) is 0.562. The smallest absolute Gasteiger partial charge is 0.333 e. The van der Waals surface area contributed by atoms with Gasteiger partial charge in [-0.25, -0.2) is 4.79 Å². The predicted molar refractivity (Wildman–Crippen MR) is 73.5 cm³/mol. The lowest BCUT2D eigenvalue weighted by molar-refractivity contribution is -0.136. The van der Waals surface area contributed by atoms with Crippen LogP contribution in [0.2, 0.25) is 0 Å². The molecule has 0 aliphatic carbocycles. The van der Waals surface area contributed by atoms with Crippen LogP contribution >= 0.6 is 0 Å². The topological polar surface area (TPSA) is 32.8 Å². The first-order chi connectivity index (χ1) is 8.40. The Hall–Kier alpha value is -0.870. The number of carbonyl (C=O) groups excluding carboxylic acids is 1. The summed E-state index contributed by atoms with van der Waals surface area (Å²) in [6.45, 7) is 10.5. The zero-order valence-corrected chi connectivity index (χ0v) is 12.3. The Morgan fingerprint density at radius 2 is 2.06 bits per heavy atom. The number of hydrogen-bond acceptors (Lipinski definition) is 4. The van der Waals surface area contributed by atoms with Gasteiger partial charge in [-0.3, -0.25) is 9.80 Å². The van der Waals surface area contributed by atoms with Crippen LogP contribution in [0.15, 0.2) is 11.6 Å². The summed E-state index contributed by atoms with van der Waals surface area (Å²) in [6.07, 6.45) is 2.73. The molecule has 0 aromatic heterocycles. The van der Waals surface area contributed by atoms with E-state index in [1.807, 2.05) is 13.0 Å². The monoisotopic (exact) mass is 254 g/mol. The lowest BCUT2D eigenvalue weighted by Crippen LogP contribution is -2.57. The Labute approximate surface area is 111 Å². The summed E-state index contributed by atoms with van der Waals surface area (Å²) < 4.78 is 4.77. The molecule has 4 nitrogen and oxygen atoms in total. The van der Waals surface area contributed by atoms with Crippen molar-refractivity contribution in [3.05, 3.63) is 11.6 Å². The van der Waals surface area contributed by atoms with E-state index >= 15 is 0 Å². The van der Waals surface area contributed by atoms with Crippen LogP contribution in [0.5, 0.6) is 0 Å². The summed E-state index contributed by atoms with van der Waals surface area (Å²) >= 11 is 0. The second-order valence-electron chi connectivity index (χ2n) is 5.54. The highest BCUT2D eigenvalue weighted by molar-refractivity contribution is 5.88. The molecule has 0 radical (unpaired) electrons. The number of ether oxygens (including phenoxy) is 1. The van der Waals surface area contributed by atoms with Crippen LogP contribution in [-0.4, -0.2) is 61.6 Å². The summed E-state index contributed by atoms with van der Waals surface area (Å²) in [4.78, 5) is 16.2. The molecule has 18 heavy (non-hydrogen) atoms. The number of carbonyl (C=O) groups is 1. The fraction of sp³-hybridized carbons (Fsp3) is 0.786. The number of rotatable bonds is 4. The highest BCUT2D eigenvalue weighted by Gasteiger charge is 2.30. The average Bonchev–Trinajstić information content (AvgIpc) is 2.33. The maximum Gasteiger partial charge on any atom is 0.333 e. The van der Waals surface area contributed by atoms with Gasteiger partial charge in [-0.05, 0) is 27.3 Å². The Balaban J connectivity index is 2.58. The molecule has 0 amide bonds. The van der Waals surface area contributed by atoms with Gasteiger partial charge < -0.3 is 4.74 Å². The Bertz CT molecular complexity index is 324. The number of piperazine rings is 1. The van der Waals surface area contributed by atoms with E-state index in [1.54, 1.807) is 0 Å². The van der Waals surface area contributed by atoms with E-state index < -0.39 is 0 Å². The van der Waals surface area contributed by atoms with Crippen molar-refractivity contribution in [1.82, 2.24) is 9.80 Å². The van der Waals surface area contributed by atoms with Crippen molar-refractivity contribution in [2.24, 2.45) is 0 Å². The van der Waals surface area contributed by atoms with Gasteiger partial charge in [0, 0.05) is 37.3 Å². The van der Waals surface area contributed by atoms with Crippen molar-refractivity contribution in [3.63, 3.8) is 0 Å². The van der Waals surface area contributed by atoms with Gasteiger partial charge >= 0.3 is 5.97 Å². The third kappa shape index (κ3) is 3.82. The van der Waals surface area contributed by atoms with Crippen molar-refractivity contribution < 1.29 is 9.53 Å². The third-order valence-corrected chi connectivity index (χ3v) is 3.82. The molecule has 0 unspecified atom stereocenters. The van der Waals surface area contributed by atoms with E-state index in [2.05, 4.69) is 30.7 Å². The van der Waals surface area contributed by atoms with E-state index in [4.69, 9.17) is 4.74 Å². The standard InChI is InChI=1S/C14H26N2O2/c1-6-12(13(17)18-5)7-8-16-10-9-15(4)14(2,3)11-16/h7H,6,8-11H2,1-5H3. The SMILES string of the molecule is CCC(=CCN1CCN(C)C(C)(C)C1)C(=O)OC. The molecular formula is C14H26N2O2. The van der Waals surface area contributed by atoms with Gasteiger partial charge in [0.1, 0.15) is 0 Å². The minimum absolute atomic E-state index is 0.198. The molecule has 1 rings (SSSR count). The van der Waals surface area contributed by atoms with Gasteiger partial charge in [-0.1, -0.05) is 13.0 Å². The molecule has 1 aliphatic rings. The fourth-order valence-corrected chi connectivity index (χ4v) is 2.24. The Kier molecular flexibility index (Phi) is 5.35. The van der Waals surface area contributed by atoms with E-state index in [0.29, 0.717) is 0 Å². The summed E-state index contributed by atoms with van der Waals surface area (Å²) in [5, 5.41) is 0. The number of hydrogen-bond donors (Lipinski definition) is 0. The number of esters is 1. The first kappa shape index (κ1) is 15.2. The van der Waals surface area contributed by atoms with Gasteiger partial charge in [-0.15, -0.1) is 0 Å². The molecular weight excluding hydrogens is 228 g/mol. The van der Waals surface area contributed by atoms with Crippen LogP contribution in [0.25, 0.3) is 0 Å². The van der Waals surface area contributed by atoms with Crippen LogP contribution in [-0.2, 0) is 9.53 Å². The van der Waals surface area contributed by atoms with Gasteiger partial charge in [0.15, 0.2) is 0 Å². The van der Waals surface area contributed by atoms with Crippen LogP contribution in [0.4, 0.5) is 0 Å². The Morgan fingerprint density at radius 3 is 2.56 bits per heavy atom. The largest absolute Gasteiger partial charge is 0.466 e. The molecule has 1 heterocycles. The van der Waals surface area contributed by atoms with E-state index in [9.17, 15) is 4.79 Å². The van der Waals surface area contributed by atoms with Gasteiger partial charge in [0.05, 0.1) is 7.11 Å². The maximum atomic E-state index is 11.5. The van der Waals surface area contributed by atoms with Crippen molar-refractivity contribution in [2.75, 3.05) is 40.3 Å².